The molecule has 4 heteroatoms. The Morgan fingerprint density at radius 3 is 2.36 bits per heavy atom. The first-order valence-electron chi connectivity index (χ1n) is 7.88. The molecule has 0 fully saturated rings. The number of benzene rings is 1. The SMILES string of the molecule is CC(C)(C)[Si](C)(C)OC/C=C/CC(CO)[Se]c1ccccc1. The number of allylic oxidation sites excluding steroid dienone is 1. The fourth-order valence-electron chi connectivity index (χ4n) is 1.64. The summed E-state index contributed by atoms with van der Waals surface area (Å²) in [6, 6.07) is 10.5. The van der Waals surface area contributed by atoms with Crippen LogP contribution in [0.1, 0.15) is 27.2 Å². The molecule has 0 radical (unpaired) electrons. The second kappa shape index (κ2) is 9.04. The van der Waals surface area contributed by atoms with Crippen LogP contribution in [0.3, 0.4) is 0 Å². The summed E-state index contributed by atoms with van der Waals surface area (Å²) in [5.41, 5.74) is 0. The van der Waals surface area contributed by atoms with Crippen molar-refractivity contribution in [3.8, 4) is 0 Å². The third-order valence-electron chi connectivity index (χ3n) is 4.16. The Hall–Kier alpha value is -0.384. The van der Waals surface area contributed by atoms with Crippen LogP contribution in [0.25, 0.3) is 0 Å². The normalized spacial score (nSPS) is 14.5. The molecule has 1 rings (SSSR count). The zero-order chi connectivity index (χ0) is 16.6. The van der Waals surface area contributed by atoms with Gasteiger partial charge in [0.15, 0.2) is 0 Å². The molecule has 1 aromatic carbocycles. The predicted molar refractivity (Wildman–Crippen MR) is 99.6 cm³/mol. The van der Waals surface area contributed by atoms with E-state index in [9.17, 15) is 5.11 Å². The zero-order valence-electron chi connectivity index (χ0n) is 14.5. The van der Waals surface area contributed by atoms with Crippen LogP contribution in [0.15, 0.2) is 42.5 Å². The van der Waals surface area contributed by atoms with Crippen LogP contribution in [0.4, 0.5) is 0 Å². The third-order valence-corrected chi connectivity index (χ3v) is 11.2. The maximum absolute atomic E-state index is 9.54. The molecular weight excluding hydrogens is 355 g/mol. The number of hydrogen-bond acceptors (Lipinski definition) is 2. The van der Waals surface area contributed by atoms with Crippen molar-refractivity contribution in [3.05, 3.63) is 42.5 Å². The van der Waals surface area contributed by atoms with Gasteiger partial charge in [-0.1, -0.05) is 0 Å². The van der Waals surface area contributed by atoms with Crippen LogP contribution in [-0.2, 0) is 4.43 Å². The second-order valence-corrected chi connectivity index (χ2v) is 14.7. The summed E-state index contributed by atoms with van der Waals surface area (Å²) in [4.78, 5) is 0.346. The molecule has 0 aliphatic rings. The molecule has 1 unspecified atom stereocenters. The molecule has 1 atom stereocenters. The van der Waals surface area contributed by atoms with Crippen LogP contribution in [0, 0.1) is 0 Å². The van der Waals surface area contributed by atoms with Crippen LogP contribution in [0.5, 0.6) is 0 Å². The van der Waals surface area contributed by atoms with Crippen LogP contribution in [-0.4, -0.2) is 41.6 Å². The topological polar surface area (TPSA) is 29.5 Å². The Morgan fingerprint density at radius 1 is 1.18 bits per heavy atom. The van der Waals surface area contributed by atoms with Gasteiger partial charge in [0.2, 0.25) is 0 Å². The van der Waals surface area contributed by atoms with Crippen LogP contribution in [0.2, 0.25) is 22.9 Å². The number of aliphatic hydroxyl groups is 1. The van der Waals surface area contributed by atoms with Gasteiger partial charge < -0.3 is 0 Å². The van der Waals surface area contributed by atoms with Crippen molar-refractivity contribution >= 4 is 27.7 Å². The van der Waals surface area contributed by atoms with E-state index < -0.39 is 8.32 Å². The zero-order valence-corrected chi connectivity index (χ0v) is 17.2. The fraction of sp³-hybridized carbons (Fsp3) is 0.556. The first kappa shape index (κ1) is 19.7. The van der Waals surface area contributed by atoms with E-state index in [-0.39, 0.29) is 11.6 Å². The van der Waals surface area contributed by atoms with Gasteiger partial charge in [-0.05, 0) is 0 Å². The molecule has 0 saturated carbocycles. The van der Waals surface area contributed by atoms with Gasteiger partial charge in [0.05, 0.1) is 0 Å². The standard InChI is InChI=1S/C18H30O2SeSi/c1-18(2,3)22(4,5)20-14-10-9-13-17(15-19)21-16-11-7-6-8-12-16/h6-12,17,19H,13-15H2,1-5H3/b10-9+. The van der Waals surface area contributed by atoms with Gasteiger partial charge in [-0.15, -0.1) is 0 Å². The second-order valence-electron chi connectivity index (χ2n) is 7.01. The molecule has 0 heterocycles. The molecule has 0 aliphatic carbocycles. The van der Waals surface area contributed by atoms with Gasteiger partial charge in [-0.3, -0.25) is 0 Å². The summed E-state index contributed by atoms with van der Waals surface area (Å²) in [5.74, 6) is 0. The minimum atomic E-state index is -1.65. The number of hydrogen-bond donors (Lipinski definition) is 1. The maximum atomic E-state index is 9.54. The molecule has 1 aromatic rings. The minimum absolute atomic E-state index is 0.252. The summed E-state index contributed by atoms with van der Waals surface area (Å²) < 4.78 is 7.47. The molecule has 124 valence electrons. The van der Waals surface area contributed by atoms with E-state index in [1.807, 2.05) is 6.07 Å². The molecule has 22 heavy (non-hydrogen) atoms. The summed E-state index contributed by atoms with van der Waals surface area (Å²) in [7, 11) is -1.65. The van der Waals surface area contributed by atoms with Gasteiger partial charge in [-0.25, -0.2) is 0 Å². The predicted octanol–water partition coefficient (Wildman–Crippen LogP) is 3.77. The fourth-order valence-corrected chi connectivity index (χ4v) is 4.64. The van der Waals surface area contributed by atoms with E-state index in [1.54, 1.807) is 0 Å². The molecule has 0 bridgehead atoms. The molecular formula is C18H30O2SeSi. The molecule has 0 saturated heterocycles. The van der Waals surface area contributed by atoms with E-state index in [4.69, 9.17) is 4.43 Å². The Balaban J connectivity index is 2.37. The van der Waals surface area contributed by atoms with Crippen molar-refractivity contribution in [2.24, 2.45) is 0 Å². The quantitative estimate of drug-likeness (QED) is 0.545. The Morgan fingerprint density at radius 2 is 1.82 bits per heavy atom. The molecule has 0 aliphatic heterocycles. The third kappa shape index (κ3) is 6.80. The van der Waals surface area contributed by atoms with E-state index in [0.29, 0.717) is 26.4 Å². The molecule has 0 spiro atoms. The van der Waals surface area contributed by atoms with Crippen molar-refractivity contribution in [1.29, 1.82) is 0 Å². The molecule has 1 N–H and O–H groups in total. The summed E-state index contributed by atoms with van der Waals surface area (Å²) >= 11 is 0.320. The number of rotatable bonds is 8. The molecule has 0 aromatic heterocycles. The van der Waals surface area contributed by atoms with E-state index in [2.05, 4.69) is 70.3 Å². The first-order valence-corrected chi connectivity index (χ1v) is 12.6. The molecule has 2 nitrogen and oxygen atoms in total. The first-order chi connectivity index (χ1) is 10.3. The summed E-state index contributed by atoms with van der Waals surface area (Å²) in [6.07, 6.45) is 5.20. The Labute approximate surface area is 143 Å². The average Bonchev–Trinajstić information content (AvgIpc) is 2.45. The van der Waals surface area contributed by atoms with Crippen LogP contribution < -0.4 is 4.46 Å². The van der Waals surface area contributed by atoms with E-state index in [0.717, 1.165) is 6.42 Å². The van der Waals surface area contributed by atoms with Crippen molar-refractivity contribution in [1.82, 2.24) is 0 Å². The van der Waals surface area contributed by atoms with Gasteiger partial charge in [-0.2, -0.15) is 0 Å². The molecule has 0 amide bonds. The Kier molecular flexibility index (Phi) is 8.08. The van der Waals surface area contributed by atoms with Crippen LogP contribution >= 0.6 is 0 Å². The van der Waals surface area contributed by atoms with Crippen molar-refractivity contribution in [2.45, 2.75) is 50.1 Å². The van der Waals surface area contributed by atoms with Gasteiger partial charge >= 0.3 is 143 Å². The van der Waals surface area contributed by atoms with Gasteiger partial charge in [0, 0.05) is 0 Å². The van der Waals surface area contributed by atoms with E-state index >= 15 is 0 Å². The number of aliphatic hydroxyl groups excluding tert-OH is 1. The van der Waals surface area contributed by atoms with E-state index in [1.165, 1.54) is 4.46 Å². The van der Waals surface area contributed by atoms with Crippen molar-refractivity contribution in [2.75, 3.05) is 13.2 Å². The van der Waals surface area contributed by atoms with Crippen molar-refractivity contribution < 1.29 is 9.53 Å². The van der Waals surface area contributed by atoms with Crippen molar-refractivity contribution in [3.63, 3.8) is 0 Å². The van der Waals surface area contributed by atoms with Gasteiger partial charge in [0.1, 0.15) is 0 Å². The monoisotopic (exact) mass is 386 g/mol. The summed E-state index contributed by atoms with van der Waals surface area (Å²) in [5, 5.41) is 9.79. The average molecular weight is 385 g/mol. The Bertz CT molecular complexity index is 452. The van der Waals surface area contributed by atoms with Gasteiger partial charge in [0.25, 0.3) is 0 Å². The summed E-state index contributed by atoms with van der Waals surface area (Å²) in [6.45, 7) is 12.3.